The highest BCUT2D eigenvalue weighted by Gasteiger charge is 2.28. The first-order valence-corrected chi connectivity index (χ1v) is 15.1. The molecule has 2 aromatic rings. The Morgan fingerprint density at radius 3 is 2.27 bits per heavy atom. The number of nitrogens with one attached hydrogen (secondary N) is 1. The first-order chi connectivity index (χ1) is 17.5. The molecule has 13 heteroatoms. The van der Waals surface area contributed by atoms with Crippen LogP contribution in [0.3, 0.4) is 0 Å². The second kappa shape index (κ2) is 10.8. The zero-order valence-electron chi connectivity index (χ0n) is 20.7. The van der Waals surface area contributed by atoms with E-state index in [2.05, 4.69) is 5.32 Å². The third-order valence-corrected chi connectivity index (χ3v) is 9.32. The highest BCUT2D eigenvalue weighted by atomic mass is 32.2. The van der Waals surface area contributed by atoms with E-state index < -0.39 is 32.5 Å². The summed E-state index contributed by atoms with van der Waals surface area (Å²) in [4.78, 5) is 26.6. The van der Waals surface area contributed by atoms with Gasteiger partial charge in [-0.1, -0.05) is 0 Å². The number of carbonyl (C=O) groups is 2. The zero-order valence-corrected chi connectivity index (χ0v) is 22.3. The van der Waals surface area contributed by atoms with Crippen LogP contribution in [-0.2, 0) is 34.4 Å². The van der Waals surface area contributed by atoms with Crippen molar-refractivity contribution in [3.63, 3.8) is 0 Å². The molecule has 2 aromatic carbocycles. The van der Waals surface area contributed by atoms with Crippen LogP contribution in [0.25, 0.3) is 0 Å². The number of rotatable bonds is 8. The molecule has 200 valence electrons. The Bertz CT molecular complexity index is 1390. The molecule has 0 atom stereocenters. The fourth-order valence-electron chi connectivity index (χ4n) is 4.39. The first-order valence-electron chi connectivity index (χ1n) is 11.8. The van der Waals surface area contributed by atoms with Crippen LogP contribution < -0.4 is 14.5 Å². The summed E-state index contributed by atoms with van der Waals surface area (Å²) in [6.07, 6.45) is 2.29. The van der Waals surface area contributed by atoms with Crippen LogP contribution in [0.1, 0.15) is 18.4 Å². The van der Waals surface area contributed by atoms with Gasteiger partial charge in [0.05, 0.1) is 30.1 Å². The fourth-order valence-corrected chi connectivity index (χ4v) is 6.65. The maximum Gasteiger partial charge on any atom is 0.245 e. The molecule has 2 saturated heterocycles. The number of sulfonamides is 2. The molecule has 0 saturated carbocycles. The highest BCUT2D eigenvalue weighted by molar-refractivity contribution is 7.92. The van der Waals surface area contributed by atoms with Crippen LogP contribution in [0.5, 0.6) is 0 Å². The topological polar surface area (TPSA) is 133 Å². The fraction of sp³-hybridized carbons (Fsp3) is 0.417. The van der Waals surface area contributed by atoms with Crippen molar-refractivity contribution >= 4 is 48.9 Å². The molecule has 2 heterocycles. The van der Waals surface area contributed by atoms with Gasteiger partial charge >= 0.3 is 0 Å². The van der Waals surface area contributed by atoms with Crippen LogP contribution in [0.4, 0.5) is 17.1 Å². The monoisotopic (exact) mass is 550 g/mol. The summed E-state index contributed by atoms with van der Waals surface area (Å²) >= 11 is 0. The molecule has 11 nitrogen and oxygen atoms in total. The third-order valence-electron chi connectivity index (χ3n) is 6.26. The minimum Gasteiger partial charge on any atom is -0.379 e. The molecule has 0 spiro atoms. The van der Waals surface area contributed by atoms with Crippen LogP contribution in [-0.4, -0.2) is 78.6 Å². The Morgan fingerprint density at radius 2 is 1.70 bits per heavy atom. The maximum atomic E-state index is 12.9. The summed E-state index contributed by atoms with van der Waals surface area (Å²) in [6, 6.07) is 10.6. The molecule has 0 aromatic heterocycles. The predicted octanol–water partition coefficient (Wildman–Crippen LogP) is 1.55. The maximum absolute atomic E-state index is 12.9. The molecule has 2 amide bonds. The van der Waals surface area contributed by atoms with Gasteiger partial charge in [-0.05, 0) is 61.4 Å². The van der Waals surface area contributed by atoms with Gasteiger partial charge in [0.1, 0.15) is 6.54 Å². The lowest BCUT2D eigenvalue weighted by atomic mass is 10.1. The molecular formula is C24H30N4O7S2. The zero-order chi connectivity index (χ0) is 26.8. The van der Waals surface area contributed by atoms with Gasteiger partial charge in [0, 0.05) is 37.4 Å². The molecule has 2 aliphatic heterocycles. The Hall–Kier alpha value is -3.00. The van der Waals surface area contributed by atoms with Gasteiger partial charge in [0.2, 0.25) is 31.9 Å². The summed E-state index contributed by atoms with van der Waals surface area (Å²) in [5.41, 5.74) is 2.23. The molecule has 0 unspecified atom stereocenters. The van der Waals surface area contributed by atoms with E-state index in [4.69, 9.17) is 4.74 Å². The molecule has 2 fully saturated rings. The van der Waals surface area contributed by atoms with Gasteiger partial charge in [0.15, 0.2) is 0 Å². The molecule has 37 heavy (non-hydrogen) atoms. The van der Waals surface area contributed by atoms with Crippen molar-refractivity contribution in [2.45, 2.75) is 24.7 Å². The number of nitrogens with zero attached hydrogens (tertiary/aromatic N) is 3. The lowest BCUT2D eigenvalue weighted by Gasteiger charge is -2.26. The standard InChI is InChI=1S/C24H30N4O7S2/c1-18-16-19(5-10-22(18)27-11-3-4-24(27)30)25-23(29)17-28(36(2,31)32)20-6-8-21(9-7-20)37(33,34)26-12-14-35-15-13-26/h5-10,16H,3-4,11-15,17H2,1-2H3,(H,25,29). The smallest absolute Gasteiger partial charge is 0.245 e. The van der Waals surface area contributed by atoms with Gasteiger partial charge in [-0.3, -0.25) is 13.9 Å². The molecule has 0 aliphatic carbocycles. The summed E-state index contributed by atoms with van der Waals surface area (Å²) in [5, 5.41) is 2.70. The minimum atomic E-state index is -3.85. The van der Waals surface area contributed by atoms with Crippen LogP contribution >= 0.6 is 0 Å². The number of benzene rings is 2. The van der Waals surface area contributed by atoms with Gasteiger partial charge in [-0.2, -0.15) is 4.31 Å². The second-order valence-electron chi connectivity index (χ2n) is 8.98. The number of anilines is 3. The van der Waals surface area contributed by atoms with Crippen molar-refractivity contribution in [3.8, 4) is 0 Å². The highest BCUT2D eigenvalue weighted by Crippen LogP contribution is 2.28. The first kappa shape index (κ1) is 27.0. The number of ether oxygens (including phenoxy) is 1. The van der Waals surface area contributed by atoms with E-state index in [1.807, 2.05) is 6.92 Å². The lowest BCUT2D eigenvalue weighted by Crippen LogP contribution is -2.40. The number of morpholine rings is 1. The SMILES string of the molecule is Cc1cc(NC(=O)CN(c2ccc(S(=O)(=O)N3CCOCC3)cc2)S(C)(=O)=O)ccc1N1CCCC1=O. The van der Waals surface area contributed by atoms with Crippen molar-refractivity contribution in [3.05, 3.63) is 48.0 Å². The summed E-state index contributed by atoms with van der Waals surface area (Å²) < 4.78 is 58.1. The van der Waals surface area contributed by atoms with Crippen molar-refractivity contribution in [1.29, 1.82) is 0 Å². The quantitative estimate of drug-likeness (QED) is 0.527. The number of amides is 2. The van der Waals surface area contributed by atoms with Gasteiger partial charge in [0.25, 0.3) is 0 Å². The molecule has 1 N–H and O–H groups in total. The van der Waals surface area contributed by atoms with Gasteiger partial charge < -0.3 is 15.0 Å². The third kappa shape index (κ3) is 6.12. The van der Waals surface area contributed by atoms with Crippen LogP contribution in [0.15, 0.2) is 47.4 Å². The van der Waals surface area contributed by atoms with Crippen molar-refractivity contribution in [2.75, 3.05) is 60.2 Å². The van der Waals surface area contributed by atoms with E-state index >= 15 is 0 Å². The summed E-state index contributed by atoms with van der Waals surface area (Å²) in [5.74, 6) is -0.507. The van der Waals surface area contributed by atoms with Gasteiger partial charge in [-0.25, -0.2) is 16.8 Å². The normalized spacial score (nSPS) is 17.1. The average Bonchev–Trinajstić information content (AvgIpc) is 3.28. The largest absolute Gasteiger partial charge is 0.379 e. The van der Waals surface area contributed by atoms with Crippen molar-refractivity contribution in [2.24, 2.45) is 0 Å². The minimum absolute atomic E-state index is 0.0306. The average molecular weight is 551 g/mol. The Morgan fingerprint density at radius 1 is 1.03 bits per heavy atom. The number of hydrogen-bond acceptors (Lipinski definition) is 7. The van der Waals surface area contributed by atoms with E-state index in [0.717, 1.165) is 28.2 Å². The van der Waals surface area contributed by atoms with Crippen molar-refractivity contribution < 1.29 is 31.2 Å². The second-order valence-corrected chi connectivity index (χ2v) is 12.8. The van der Waals surface area contributed by atoms with E-state index in [-0.39, 0.29) is 29.6 Å². The van der Waals surface area contributed by atoms with Crippen LogP contribution in [0.2, 0.25) is 0 Å². The molecule has 2 aliphatic rings. The predicted molar refractivity (Wildman–Crippen MR) is 140 cm³/mol. The molecule has 0 radical (unpaired) electrons. The lowest BCUT2D eigenvalue weighted by molar-refractivity contribution is -0.117. The van der Waals surface area contributed by atoms with E-state index in [9.17, 15) is 26.4 Å². The number of hydrogen-bond donors (Lipinski definition) is 1. The Labute approximate surface area is 217 Å². The Balaban J connectivity index is 1.47. The van der Waals surface area contributed by atoms with E-state index in [1.165, 1.54) is 28.6 Å². The van der Waals surface area contributed by atoms with E-state index in [0.29, 0.717) is 31.9 Å². The van der Waals surface area contributed by atoms with Crippen molar-refractivity contribution in [1.82, 2.24) is 4.31 Å². The summed E-state index contributed by atoms with van der Waals surface area (Å²) in [7, 11) is -7.59. The van der Waals surface area contributed by atoms with Crippen LogP contribution in [0, 0.1) is 6.92 Å². The molecule has 0 bridgehead atoms. The Kier molecular flexibility index (Phi) is 7.88. The summed E-state index contributed by atoms with van der Waals surface area (Å²) in [6.45, 7) is 3.11. The molecular weight excluding hydrogens is 520 g/mol. The number of carbonyl (C=O) groups excluding carboxylic acids is 2. The van der Waals surface area contributed by atoms with Gasteiger partial charge in [-0.15, -0.1) is 0 Å². The van der Waals surface area contributed by atoms with E-state index in [1.54, 1.807) is 23.1 Å². The number of aryl methyl sites for hydroxylation is 1. The molecule has 4 rings (SSSR count).